The lowest BCUT2D eigenvalue weighted by Gasteiger charge is -2.24. The van der Waals surface area contributed by atoms with E-state index in [1.807, 2.05) is 0 Å². The highest BCUT2D eigenvalue weighted by molar-refractivity contribution is 7.91. The molecule has 0 amide bonds. The molecule has 0 saturated carbocycles. The molecule has 18 heavy (non-hydrogen) atoms. The molecule has 1 saturated heterocycles. The van der Waals surface area contributed by atoms with Crippen LogP contribution in [0, 0.1) is 0 Å². The zero-order valence-electron chi connectivity index (χ0n) is 9.37. The Morgan fingerprint density at radius 2 is 2.00 bits per heavy atom. The molecule has 1 aromatic heterocycles. The minimum atomic E-state index is -3.50. The van der Waals surface area contributed by atoms with Gasteiger partial charge in [0.05, 0.1) is 4.88 Å². The molecule has 0 aliphatic carbocycles. The molecule has 100 valence electrons. The summed E-state index contributed by atoms with van der Waals surface area (Å²) in [6.45, 7) is 0.602. The summed E-state index contributed by atoms with van der Waals surface area (Å²) < 4.78 is 37.4. The maximum absolute atomic E-state index is 12.3. The molecule has 5 nitrogen and oxygen atoms in total. The maximum Gasteiger partial charge on any atom is 0.252 e. The summed E-state index contributed by atoms with van der Waals surface area (Å²) in [5.74, 6) is 0.791. The van der Waals surface area contributed by atoms with E-state index in [0.29, 0.717) is 29.5 Å². The van der Waals surface area contributed by atoms with Crippen molar-refractivity contribution in [2.24, 2.45) is 5.73 Å². The van der Waals surface area contributed by atoms with E-state index in [-0.39, 0.29) is 9.20 Å². The summed E-state index contributed by atoms with van der Waals surface area (Å²) >= 11 is 5.88. The van der Waals surface area contributed by atoms with Gasteiger partial charge in [0.15, 0.2) is 0 Å². The lowest BCUT2D eigenvalue weighted by Crippen LogP contribution is -2.41. The van der Waals surface area contributed by atoms with Crippen LogP contribution in [0.5, 0.6) is 0 Å². The van der Waals surface area contributed by atoms with Crippen LogP contribution in [-0.2, 0) is 20.8 Å². The van der Waals surface area contributed by atoms with Crippen molar-refractivity contribution >= 4 is 49.4 Å². The van der Waals surface area contributed by atoms with Gasteiger partial charge in [-0.25, -0.2) is 8.42 Å². The zero-order chi connectivity index (χ0) is 13.3. The van der Waals surface area contributed by atoms with Gasteiger partial charge in [-0.15, -0.1) is 11.3 Å². The highest BCUT2D eigenvalue weighted by atomic mass is 32.2. The third-order valence-electron chi connectivity index (χ3n) is 2.56. The van der Waals surface area contributed by atoms with Gasteiger partial charge < -0.3 is 5.73 Å². The topological polar surface area (TPSA) is 80.5 Å². The summed E-state index contributed by atoms with van der Waals surface area (Å²) in [7, 11) is -4.39. The second kappa shape index (κ2) is 5.33. The molecule has 9 heteroatoms. The van der Waals surface area contributed by atoms with E-state index in [0.717, 1.165) is 11.3 Å². The fourth-order valence-electron chi connectivity index (χ4n) is 1.58. The second-order valence-corrected chi connectivity index (χ2v) is 9.12. The van der Waals surface area contributed by atoms with Crippen LogP contribution in [0.2, 0.25) is 0 Å². The normalized spacial score (nSPS) is 18.9. The Morgan fingerprint density at radius 1 is 1.39 bits per heavy atom. The van der Waals surface area contributed by atoms with E-state index >= 15 is 0 Å². The van der Waals surface area contributed by atoms with Gasteiger partial charge >= 0.3 is 0 Å². The van der Waals surface area contributed by atoms with Crippen molar-refractivity contribution < 1.29 is 12.6 Å². The first kappa shape index (κ1) is 14.1. The highest BCUT2D eigenvalue weighted by Gasteiger charge is 2.29. The Bertz CT molecular complexity index is 583. The minimum absolute atomic E-state index is 0.196. The van der Waals surface area contributed by atoms with Gasteiger partial charge in [-0.1, -0.05) is 12.2 Å². The number of thiocarbonyl (C=S) groups is 1. The number of nitrogens with two attached hydrogens (primary N) is 1. The predicted octanol–water partition coefficient (Wildman–Crippen LogP) is 0.135. The fourth-order valence-corrected chi connectivity index (χ4v) is 5.81. The quantitative estimate of drug-likeness (QED) is 0.800. The number of hydrogen-bond donors (Lipinski definition) is 1. The molecule has 2 heterocycles. The number of sulfonamides is 1. The molecule has 1 aliphatic heterocycles. The van der Waals surface area contributed by atoms with Crippen molar-refractivity contribution in [3.8, 4) is 0 Å². The van der Waals surface area contributed by atoms with Crippen LogP contribution in [0.3, 0.4) is 0 Å². The van der Waals surface area contributed by atoms with E-state index in [1.54, 1.807) is 6.07 Å². The Kier molecular flexibility index (Phi) is 4.17. The Hall–Kier alpha value is -0.350. The summed E-state index contributed by atoms with van der Waals surface area (Å²) in [4.78, 5) is 0.783. The van der Waals surface area contributed by atoms with Crippen molar-refractivity contribution in [3.05, 3.63) is 17.0 Å². The van der Waals surface area contributed by atoms with E-state index in [9.17, 15) is 12.6 Å². The lowest BCUT2D eigenvalue weighted by molar-refractivity contribution is 0.440. The van der Waals surface area contributed by atoms with E-state index in [2.05, 4.69) is 0 Å². The van der Waals surface area contributed by atoms with E-state index in [1.165, 1.54) is 10.4 Å². The molecule has 0 aromatic carbocycles. The number of hydrogen-bond acceptors (Lipinski definition) is 5. The SMILES string of the molecule is NC(=S)c1ccc(S(=O)(=O)N2CCS(=O)CC2)s1. The van der Waals surface area contributed by atoms with Crippen molar-refractivity contribution in [2.75, 3.05) is 24.6 Å². The van der Waals surface area contributed by atoms with Crippen LogP contribution in [-0.4, -0.2) is 46.5 Å². The van der Waals surface area contributed by atoms with Gasteiger partial charge in [-0.3, -0.25) is 4.21 Å². The van der Waals surface area contributed by atoms with Crippen LogP contribution in [0.25, 0.3) is 0 Å². The fraction of sp³-hybridized carbons (Fsp3) is 0.444. The average Bonchev–Trinajstić information content (AvgIpc) is 2.79. The highest BCUT2D eigenvalue weighted by Crippen LogP contribution is 2.25. The molecule has 0 unspecified atom stereocenters. The first-order chi connectivity index (χ1) is 8.41. The van der Waals surface area contributed by atoms with Gasteiger partial charge in [0, 0.05) is 35.4 Å². The first-order valence-electron chi connectivity index (χ1n) is 5.16. The Morgan fingerprint density at radius 3 is 2.50 bits per heavy atom. The molecule has 1 aliphatic rings. The standard InChI is InChI=1S/C9H12N2O3S4/c10-9(15)7-1-2-8(16-7)18(13,14)11-3-5-17(12)6-4-11/h1-2H,3-6H2,(H2,10,15). The minimum Gasteiger partial charge on any atom is -0.389 e. The largest absolute Gasteiger partial charge is 0.389 e. The number of rotatable bonds is 3. The Labute approximate surface area is 117 Å². The molecular weight excluding hydrogens is 312 g/mol. The van der Waals surface area contributed by atoms with Gasteiger partial charge in [-0.05, 0) is 12.1 Å². The Balaban J connectivity index is 2.24. The molecule has 0 spiro atoms. The van der Waals surface area contributed by atoms with Crippen LogP contribution in [0.15, 0.2) is 16.3 Å². The van der Waals surface area contributed by atoms with Crippen molar-refractivity contribution in [2.45, 2.75) is 4.21 Å². The lowest BCUT2D eigenvalue weighted by atomic mass is 10.5. The summed E-state index contributed by atoms with van der Waals surface area (Å²) in [5, 5.41) is 0. The second-order valence-electron chi connectivity index (χ2n) is 3.74. The van der Waals surface area contributed by atoms with Crippen molar-refractivity contribution in [1.82, 2.24) is 4.31 Å². The van der Waals surface area contributed by atoms with Crippen LogP contribution >= 0.6 is 23.6 Å². The average molecular weight is 324 g/mol. The smallest absolute Gasteiger partial charge is 0.252 e. The molecular formula is C9H12N2O3S4. The molecule has 0 atom stereocenters. The van der Waals surface area contributed by atoms with Gasteiger partial charge in [0.25, 0.3) is 10.0 Å². The van der Waals surface area contributed by atoms with Gasteiger partial charge in [0.2, 0.25) is 0 Å². The first-order valence-corrected chi connectivity index (χ1v) is 9.31. The monoisotopic (exact) mass is 324 g/mol. The third kappa shape index (κ3) is 2.80. The van der Waals surface area contributed by atoms with Gasteiger partial charge in [-0.2, -0.15) is 4.31 Å². The molecule has 1 aromatic rings. The van der Waals surface area contributed by atoms with Crippen LogP contribution in [0.4, 0.5) is 0 Å². The molecule has 0 radical (unpaired) electrons. The summed E-state index contributed by atoms with van der Waals surface area (Å²) in [6.07, 6.45) is 0. The van der Waals surface area contributed by atoms with Crippen LogP contribution < -0.4 is 5.73 Å². The zero-order valence-corrected chi connectivity index (χ0v) is 12.6. The van der Waals surface area contributed by atoms with Crippen LogP contribution in [0.1, 0.15) is 4.88 Å². The van der Waals surface area contributed by atoms with Crippen molar-refractivity contribution in [1.29, 1.82) is 0 Å². The molecule has 1 fully saturated rings. The van der Waals surface area contributed by atoms with Crippen molar-refractivity contribution in [3.63, 3.8) is 0 Å². The summed E-state index contributed by atoms with van der Waals surface area (Å²) in [5.41, 5.74) is 5.46. The van der Waals surface area contributed by atoms with E-state index in [4.69, 9.17) is 18.0 Å². The molecule has 2 rings (SSSR count). The molecule has 0 bridgehead atoms. The third-order valence-corrected chi connectivity index (χ3v) is 7.66. The predicted molar refractivity (Wildman–Crippen MR) is 76.8 cm³/mol. The maximum atomic E-state index is 12.3. The summed E-state index contributed by atoms with van der Waals surface area (Å²) in [6, 6.07) is 3.13. The molecule has 2 N–H and O–H groups in total. The van der Waals surface area contributed by atoms with Gasteiger partial charge in [0.1, 0.15) is 9.20 Å². The van der Waals surface area contributed by atoms with E-state index < -0.39 is 20.8 Å². The number of nitrogens with zero attached hydrogens (tertiary/aromatic N) is 1. The number of thiophene rings is 1.